The molecule has 0 aliphatic heterocycles. The zero-order chi connectivity index (χ0) is 10.9. The van der Waals surface area contributed by atoms with E-state index in [9.17, 15) is 8.42 Å². The Hall–Kier alpha value is -0.350. The normalized spacial score (nSPS) is 12.1. The molecule has 1 aromatic carbocycles. The quantitative estimate of drug-likeness (QED) is 0.832. The van der Waals surface area contributed by atoms with Crippen molar-refractivity contribution in [3.8, 4) is 0 Å². The van der Waals surface area contributed by atoms with Crippen LogP contribution in [-0.2, 0) is 9.84 Å². The van der Waals surface area contributed by atoms with Crippen molar-refractivity contribution in [2.24, 2.45) is 0 Å². The van der Waals surface area contributed by atoms with E-state index in [2.05, 4.69) is 29.8 Å². The molecule has 0 aliphatic carbocycles. The van der Waals surface area contributed by atoms with Crippen molar-refractivity contribution in [3.05, 3.63) is 28.2 Å². The average molecular weight is 277 g/mol. The van der Waals surface area contributed by atoms with Gasteiger partial charge >= 0.3 is 0 Å². The van der Waals surface area contributed by atoms with Gasteiger partial charge in [-0.3, -0.25) is 0 Å². The smallest absolute Gasteiger partial charge is 0.176 e. The monoisotopic (exact) mass is 276 g/mol. The van der Waals surface area contributed by atoms with E-state index in [0.717, 1.165) is 5.56 Å². The number of sulfone groups is 1. The highest BCUT2D eigenvalue weighted by atomic mass is 79.9. The van der Waals surface area contributed by atoms with E-state index in [-0.39, 0.29) is 0 Å². The molecule has 0 spiro atoms. The molecular formula is C10H13BrO2S. The molecule has 0 saturated heterocycles. The van der Waals surface area contributed by atoms with Gasteiger partial charge in [0.15, 0.2) is 9.84 Å². The Kier molecular flexibility index (Phi) is 3.37. The molecule has 0 amide bonds. The second-order valence-electron chi connectivity index (χ2n) is 3.62. The lowest BCUT2D eigenvalue weighted by Crippen LogP contribution is -1.99. The largest absolute Gasteiger partial charge is 0.224 e. The molecule has 0 unspecified atom stereocenters. The van der Waals surface area contributed by atoms with E-state index in [1.165, 1.54) is 6.26 Å². The van der Waals surface area contributed by atoms with Crippen molar-refractivity contribution in [3.63, 3.8) is 0 Å². The summed E-state index contributed by atoms with van der Waals surface area (Å²) in [6.07, 6.45) is 1.21. The predicted octanol–water partition coefficient (Wildman–Crippen LogP) is 2.98. The van der Waals surface area contributed by atoms with Crippen LogP contribution in [0, 0.1) is 0 Å². The van der Waals surface area contributed by atoms with E-state index in [4.69, 9.17) is 0 Å². The standard InChI is InChI=1S/C10H13BrO2S/c1-7(2)8-4-5-10(9(11)6-8)14(3,12)13/h4-7H,1-3H3. The van der Waals surface area contributed by atoms with Gasteiger partial charge in [0.25, 0.3) is 0 Å². The third-order valence-electron chi connectivity index (χ3n) is 2.02. The first kappa shape index (κ1) is 11.7. The third kappa shape index (κ3) is 2.58. The fourth-order valence-corrected chi connectivity index (χ4v) is 3.18. The molecule has 4 heteroatoms. The molecule has 2 nitrogen and oxygen atoms in total. The lowest BCUT2D eigenvalue weighted by atomic mass is 10.0. The molecule has 14 heavy (non-hydrogen) atoms. The Labute approximate surface area is 93.4 Å². The Balaban J connectivity index is 3.28. The van der Waals surface area contributed by atoms with E-state index < -0.39 is 9.84 Å². The van der Waals surface area contributed by atoms with Gasteiger partial charge in [0, 0.05) is 10.7 Å². The first-order chi connectivity index (χ1) is 6.32. The Morgan fingerprint density at radius 1 is 1.29 bits per heavy atom. The lowest BCUT2D eigenvalue weighted by Gasteiger charge is -2.08. The van der Waals surface area contributed by atoms with Gasteiger partial charge in [-0.2, -0.15) is 0 Å². The zero-order valence-electron chi connectivity index (χ0n) is 8.41. The molecule has 0 radical (unpaired) electrons. The second kappa shape index (κ2) is 4.03. The molecule has 0 heterocycles. The van der Waals surface area contributed by atoms with E-state index in [0.29, 0.717) is 15.3 Å². The Morgan fingerprint density at radius 3 is 2.21 bits per heavy atom. The summed E-state index contributed by atoms with van der Waals surface area (Å²) in [7, 11) is -3.12. The van der Waals surface area contributed by atoms with Gasteiger partial charge in [0.05, 0.1) is 4.90 Å². The van der Waals surface area contributed by atoms with Crippen molar-refractivity contribution in [2.45, 2.75) is 24.7 Å². The molecule has 0 aliphatic rings. The summed E-state index contributed by atoms with van der Waals surface area (Å²) in [5.41, 5.74) is 1.13. The summed E-state index contributed by atoms with van der Waals surface area (Å²) in [5.74, 6) is 0.403. The summed E-state index contributed by atoms with van der Waals surface area (Å²) in [4.78, 5) is 0.349. The number of hydrogen-bond donors (Lipinski definition) is 0. The molecule has 78 valence electrons. The van der Waals surface area contributed by atoms with E-state index >= 15 is 0 Å². The highest BCUT2D eigenvalue weighted by molar-refractivity contribution is 9.10. The first-order valence-corrected chi connectivity index (χ1v) is 7.00. The summed E-state index contributed by atoms with van der Waals surface area (Å²) in [5, 5.41) is 0. The summed E-state index contributed by atoms with van der Waals surface area (Å²) >= 11 is 3.27. The first-order valence-electron chi connectivity index (χ1n) is 4.32. The van der Waals surface area contributed by atoms with Crippen LogP contribution in [0.4, 0.5) is 0 Å². The molecule has 0 bridgehead atoms. The minimum Gasteiger partial charge on any atom is -0.224 e. The van der Waals surface area contributed by atoms with E-state index in [1.807, 2.05) is 12.1 Å². The zero-order valence-corrected chi connectivity index (χ0v) is 10.8. The average Bonchev–Trinajstić information content (AvgIpc) is 2.01. The number of hydrogen-bond acceptors (Lipinski definition) is 2. The predicted molar refractivity (Wildman–Crippen MR) is 61.3 cm³/mol. The molecule has 0 aromatic heterocycles. The molecule has 1 rings (SSSR count). The highest BCUT2D eigenvalue weighted by Crippen LogP contribution is 2.26. The molecule has 0 fully saturated rings. The number of halogens is 1. The molecule has 0 atom stereocenters. The van der Waals surface area contributed by atoms with Crippen molar-refractivity contribution >= 4 is 25.8 Å². The van der Waals surface area contributed by atoms with Crippen LogP contribution in [-0.4, -0.2) is 14.7 Å². The van der Waals surface area contributed by atoms with Gasteiger partial charge in [0.1, 0.15) is 0 Å². The number of benzene rings is 1. The van der Waals surface area contributed by atoms with Crippen LogP contribution in [0.5, 0.6) is 0 Å². The lowest BCUT2D eigenvalue weighted by molar-refractivity contribution is 0.601. The van der Waals surface area contributed by atoms with Gasteiger partial charge in [-0.05, 0) is 39.5 Å². The van der Waals surface area contributed by atoms with Gasteiger partial charge in [-0.1, -0.05) is 19.9 Å². The van der Waals surface area contributed by atoms with Crippen LogP contribution in [0.15, 0.2) is 27.6 Å². The Bertz CT molecular complexity index is 435. The minimum atomic E-state index is -3.12. The Morgan fingerprint density at radius 2 is 1.86 bits per heavy atom. The molecule has 0 saturated carbocycles. The van der Waals surface area contributed by atoms with Crippen molar-refractivity contribution < 1.29 is 8.42 Å². The SMILES string of the molecule is CC(C)c1ccc(S(C)(=O)=O)c(Br)c1. The minimum absolute atomic E-state index is 0.349. The fraction of sp³-hybridized carbons (Fsp3) is 0.400. The third-order valence-corrected chi connectivity index (χ3v) is 4.10. The summed E-state index contributed by atoms with van der Waals surface area (Å²) < 4.78 is 23.3. The van der Waals surface area contributed by atoms with Crippen LogP contribution in [0.1, 0.15) is 25.3 Å². The summed E-state index contributed by atoms with van der Waals surface area (Å²) in [6.45, 7) is 4.14. The van der Waals surface area contributed by atoms with Crippen LogP contribution >= 0.6 is 15.9 Å². The second-order valence-corrected chi connectivity index (χ2v) is 6.46. The van der Waals surface area contributed by atoms with Crippen LogP contribution in [0.2, 0.25) is 0 Å². The van der Waals surface area contributed by atoms with Crippen LogP contribution in [0.25, 0.3) is 0 Å². The summed E-state index contributed by atoms with van der Waals surface area (Å²) in [6, 6.07) is 5.36. The van der Waals surface area contributed by atoms with Crippen molar-refractivity contribution in [1.29, 1.82) is 0 Å². The molecule has 1 aromatic rings. The van der Waals surface area contributed by atoms with Crippen LogP contribution < -0.4 is 0 Å². The van der Waals surface area contributed by atoms with E-state index in [1.54, 1.807) is 6.07 Å². The van der Waals surface area contributed by atoms with Crippen molar-refractivity contribution in [1.82, 2.24) is 0 Å². The van der Waals surface area contributed by atoms with Crippen LogP contribution in [0.3, 0.4) is 0 Å². The molecular weight excluding hydrogens is 264 g/mol. The van der Waals surface area contributed by atoms with Gasteiger partial charge in [-0.25, -0.2) is 8.42 Å². The highest BCUT2D eigenvalue weighted by Gasteiger charge is 2.12. The maximum Gasteiger partial charge on any atom is 0.176 e. The van der Waals surface area contributed by atoms with Gasteiger partial charge in [-0.15, -0.1) is 0 Å². The maximum absolute atomic E-state index is 11.3. The fourth-order valence-electron chi connectivity index (χ4n) is 1.18. The molecule has 0 N–H and O–H groups in total. The van der Waals surface area contributed by atoms with Gasteiger partial charge in [0.2, 0.25) is 0 Å². The van der Waals surface area contributed by atoms with Gasteiger partial charge < -0.3 is 0 Å². The topological polar surface area (TPSA) is 34.1 Å². The van der Waals surface area contributed by atoms with Crippen molar-refractivity contribution in [2.75, 3.05) is 6.26 Å². The maximum atomic E-state index is 11.3. The number of rotatable bonds is 2.